The van der Waals surface area contributed by atoms with Crippen LogP contribution in [0.4, 0.5) is 0 Å². The van der Waals surface area contributed by atoms with Crippen molar-refractivity contribution >= 4 is 0 Å². The van der Waals surface area contributed by atoms with E-state index >= 15 is 0 Å². The second kappa shape index (κ2) is 9.15. The molecule has 3 aromatic carbocycles. The molecule has 0 amide bonds. The maximum Gasteiger partial charge on any atom is 0.123 e. The molecule has 0 unspecified atom stereocenters. The van der Waals surface area contributed by atoms with Gasteiger partial charge in [0.25, 0.3) is 0 Å². The molecule has 1 N–H and O–H groups in total. The van der Waals surface area contributed by atoms with Crippen molar-refractivity contribution in [1.82, 2.24) is 4.90 Å². The largest absolute Gasteiger partial charge is 0.508 e. The van der Waals surface area contributed by atoms with Crippen molar-refractivity contribution in [3.63, 3.8) is 0 Å². The number of benzene rings is 3. The Hall–Kier alpha value is -2.78. The molecule has 0 aromatic heterocycles. The third-order valence-electron chi connectivity index (χ3n) is 6.85. The third kappa shape index (κ3) is 4.47. The van der Waals surface area contributed by atoms with Crippen LogP contribution in [0.2, 0.25) is 0 Å². The fourth-order valence-electron chi connectivity index (χ4n) is 5.21. The van der Waals surface area contributed by atoms with Gasteiger partial charge < -0.3 is 14.7 Å². The van der Waals surface area contributed by atoms with Gasteiger partial charge in [0.2, 0.25) is 0 Å². The van der Waals surface area contributed by atoms with E-state index in [9.17, 15) is 5.11 Å². The number of phenolic OH excluding ortho intramolecular Hbond substituents is 1. The lowest BCUT2D eigenvalue weighted by atomic mass is 9.75. The molecule has 0 bridgehead atoms. The number of aryl methyl sites for hydroxylation is 1. The molecule has 1 fully saturated rings. The molecule has 5 rings (SSSR count). The lowest BCUT2D eigenvalue weighted by Gasteiger charge is -2.34. The first kappa shape index (κ1) is 20.1. The van der Waals surface area contributed by atoms with E-state index in [4.69, 9.17) is 4.74 Å². The van der Waals surface area contributed by atoms with Gasteiger partial charge in [-0.25, -0.2) is 0 Å². The molecule has 2 aliphatic rings. The number of ether oxygens (including phenoxy) is 1. The van der Waals surface area contributed by atoms with Gasteiger partial charge >= 0.3 is 0 Å². The van der Waals surface area contributed by atoms with Crippen molar-refractivity contribution in [2.45, 2.75) is 37.5 Å². The number of hydrogen-bond acceptors (Lipinski definition) is 3. The van der Waals surface area contributed by atoms with Gasteiger partial charge in [-0.15, -0.1) is 0 Å². The lowest BCUT2D eigenvalue weighted by Crippen LogP contribution is -2.25. The van der Waals surface area contributed by atoms with Crippen LogP contribution in [0.3, 0.4) is 0 Å². The van der Waals surface area contributed by atoms with Crippen LogP contribution >= 0.6 is 0 Å². The Labute approximate surface area is 185 Å². The second-order valence-electron chi connectivity index (χ2n) is 8.92. The number of fused-ring (bicyclic) bond motifs is 1. The summed E-state index contributed by atoms with van der Waals surface area (Å²) < 4.78 is 6.11. The van der Waals surface area contributed by atoms with Gasteiger partial charge in [-0.1, -0.05) is 54.6 Å². The van der Waals surface area contributed by atoms with Gasteiger partial charge in [0, 0.05) is 17.4 Å². The summed E-state index contributed by atoms with van der Waals surface area (Å²) in [5, 5.41) is 10.2. The minimum absolute atomic E-state index is 0.164. The Balaban J connectivity index is 1.39. The topological polar surface area (TPSA) is 32.7 Å². The highest BCUT2D eigenvalue weighted by molar-refractivity contribution is 5.50. The van der Waals surface area contributed by atoms with Gasteiger partial charge in [-0.2, -0.15) is 0 Å². The molecular weight excluding hydrogens is 382 g/mol. The molecular formula is C28H31NO2. The van der Waals surface area contributed by atoms with E-state index in [0.29, 0.717) is 12.4 Å². The number of nitrogens with zero attached hydrogens (tertiary/aromatic N) is 1. The summed E-state index contributed by atoms with van der Waals surface area (Å²) in [7, 11) is 0. The standard InChI is InChI=1S/C28H31NO2/c30-24-14-15-27-25(19-24)28(26(20-31-27)22-8-2-1-3-9-22)23-12-10-21(11-13-23)7-6-18-29-16-4-5-17-29/h1-3,8-15,19,26,28,30H,4-7,16-18,20H2/t26-,28-/m0/s1. The van der Waals surface area contributed by atoms with Crippen molar-refractivity contribution in [3.8, 4) is 11.5 Å². The number of phenols is 1. The average molecular weight is 414 g/mol. The van der Waals surface area contributed by atoms with Crippen molar-refractivity contribution in [3.05, 3.63) is 95.1 Å². The first-order valence-corrected chi connectivity index (χ1v) is 11.6. The highest BCUT2D eigenvalue weighted by Crippen LogP contribution is 2.46. The van der Waals surface area contributed by atoms with Crippen molar-refractivity contribution < 1.29 is 9.84 Å². The van der Waals surface area contributed by atoms with Crippen LogP contribution in [-0.4, -0.2) is 36.2 Å². The number of hydrogen-bond donors (Lipinski definition) is 1. The lowest BCUT2D eigenvalue weighted by molar-refractivity contribution is 0.248. The summed E-state index contributed by atoms with van der Waals surface area (Å²) in [5.41, 5.74) is 5.03. The average Bonchev–Trinajstić information content (AvgIpc) is 3.33. The molecule has 3 heteroatoms. The molecule has 2 aliphatic heterocycles. The zero-order valence-corrected chi connectivity index (χ0v) is 18.0. The molecule has 160 valence electrons. The Morgan fingerprint density at radius 1 is 0.871 bits per heavy atom. The maximum atomic E-state index is 10.2. The highest BCUT2D eigenvalue weighted by atomic mass is 16.5. The van der Waals surface area contributed by atoms with E-state index < -0.39 is 0 Å². The highest BCUT2D eigenvalue weighted by Gasteiger charge is 2.33. The van der Waals surface area contributed by atoms with Gasteiger partial charge in [0.15, 0.2) is 0 Å². The molecule has 31 heavy (non-hydrogen) atoms. The van der Waals surface area contributed by atoms with E-state index in [1.54, 1.807) is 6.07 Å². The molecule has 1 saturated heterocycles. The predicted octanol–water partition coefficient (Wildman–Crippen LogP) is 5.73. The molecule has 2 atom stereocenters. The molecule has 3 aromatic rings. The van der Waals surface area contributed by atoms with E-state index in [-0.39, 0.29) is 11.8 Å². The quantitative estimate of drug-likeness (QED) is 0.560. The van der Waals surface area contributed by atoms with Crippen LogP contribution in [0.15, 0.2) is 72.8 Å². The van der Waals surface area contributed by atoms with Crippen LogP contribution in [0.5, 0.6) is 11.5 Å². The summed E-state index contributed by atoms with van der Waals surface area (Å²) in [4.78, 5) is 2.59. The molecule has 2 heterocycles. The molecule has 0 radical (unpaired) electrons. The summed E-state index contributed by atoms with van der Waals surface area (Å²) in [6, 6.07) is 25.2. The monoisotopic (exact) mass is 413 g/mol. The van der Waals surface area contributed by atoms with Gasteiger partial charge in [-0.05, 0) is 80.2 Å². The Kier molecular flexibility index (Phi) is 5.95. The van der Waals surface area contributed by atoms with E-state index in [2.05, 4.69) is 59.5 Å². The second-order valence-corrected chi connectivity index (χ2v) is 8.92. The first-order valence-electron chi connectivity index (χ1n) is 11.6. The molecule has 0 spiro atoms. The van der Waals surface area contributed by atoms with Crippen LogP contribution in [0.25, 0.3) is 0 Å². The zero-order chi connectivity index (χ0) is 21.0. The van der Waals surface area contributed by atoms with E-state index in [1.165, 1.54) is 55.6 Å². The SMILES string of the molecule is Oc1ccc2c(c1)[C@H](c1ccc(CCCN3CCCC3)cc1)[C@H](c1ccccc1)CO2. The van der Waals surface area contributed by atoms with E-state index in [1.807, 2.05) is 12.1 Å². The Bertz CT molecular complexity index is 993. The zero-order valence-electron chi connectivity index (χ0n) is 18.0. The predicted molar refractivity (Wildman–Crippen MR) is 125 cm³/mol. The molecule has 0 saturated carbocycles. The van der Waals surface area contributed by atoms with Crippen LogP contribution in [0, 0.1) is 0 Å². The third-order valence-corrected chi connectivity index (χ3v) is 6.85. The number of aromatic hydroxyl groups is 1. The van der Waals surface area contributed by atoms with Gasteiger partial charge in [-0.3, -0.25) is 0 Å². The fourth-order valence-corrected chi connectivity index (χ4v) is 5.21. The van der Waals surface area contributed by atoms with Gasteiger partial charge in [0.1, 0.15) is 11.5 Å². The van der Waals surface area contributed by atoms with E-state index in [0.717, 1.165) is 17.7 Å². The van der Waals surface area contributed by atoms with Crippen molar-refractivity contribution in [1.29, 1.82) is 0 Å². The van der Waals surface area contributed by atoms with Crippen molar-refractivity contribution in [2.24, 2.45) is 0 Å². The van der Waals surface area contributed by atoms with Crippen LogP contribution in [-0.2, 0) is 6.42 Å². The van der Waals surface area contributed by atoms with Crippen LogP contribution < -0.4 is 4.74 Å². The normalized spacial score (nSPS) is 20.9. The summed E-state index contributed by atoms with van der Waals surface area (Å²) in [5.74, 6) is 1.55. The summed E-state index contributed by atoms with van der Waals surface area (Å²) in [6.07, 6.45) is 5.07. The van der Waals surface area contributed by atoms with Crippen molar-refractivity contribution in [2.75, 3.05) is 26.2 Å². The first-order chi connectivity index (χ1) is 15.3. The minimum atomic E-state index is 0.164. The smallest absolute Gasteiger partial charge is 0.123 e. The maximum absolute atomic E-state index is 10.2. The number of rotatable bonds is 6. The molecule has 0 aliphatic carbocycles. The summed E-state index contributed by atoms with van der Waals surface area (Å²) >= 11 is 0. The number of likely N-dealkylation sites (tertiary alicyclic amines) is 1. The fraction of sp³-hybridized carbons (Fsp3) is 0.357. The summed E-state index contributed by atoms with van der Waals surface area (Å²) in [6.45, 7) is 4.40. The van der Waals surface area contributed by atoms with Crippen LogP contribution in [0.1, 0.15) is 53.4 Å². The molecule has 3 nitrogen and oxygen atoms in total. The minimum Gasteiger partial charge on any atom is -0.508 e. The van der Waals surface area contributed by atoms with Gasteiger partial charge in [0.05, 0.1) is 6.61 Å². The Morgan fingerprint density at radius 2 is 1.65 bits per heavy atom. The Morgan fingerprint density at radius 3 is 2.42 bits per heavy atom.